The second kappa shape index (κ2) is 7.13. The molecule has 2 N–H and O–H groups in total. The number of aromatic nitrogens is 5. The van der Waals surface area contributed by atoms with Crippen LogP contribution < -0.4 is 5.32 Å². The van der Waals surface area contributed by atoms with Gasteiger partial charge in [0.25, 0.3) is 5.91 Å². The number of aryl methyl sites for hydroxylation is 1. The lowest BCUT2D eigenvalue weighted by atomic mass is 10.2. The van der Waals surface area contributed by atoms with E-state index in [1.54, 1.807) is 6.07 Å². The van der Waals surface area contributed by atoms with Crippen molar-refractivity contribution in [2.75, 3.05) is 0 Å². The fourth-order valence-corrected chi connectivity index (χ4v) is 2.53. The first-order valence-corrected chi connectivity index (χ1v) is 7.81. The summed E-state index contributed by atoms with van der Waals surface area (Å²) in [6, 6.07) is 7.43. The fraction of sp³-hybridized carbons (Fsp3) is 0.188. The number of alkyl halides is 3. The Morgan fingerprint density at radius 3 is 2.50 bits per heavy atom. The van der Waals surface area contributed by atoms with E-state index in [2.05, 4.69) is 20.7 Å². The number of nitrogens with one attached hydrogen (secondary N) is 1. The van der Waals surface area contributed by atoms with Crippen molar-refractivity contribution in [3.63, 3.8) is 0 Å². The molecule has 2 heterocycles. The summed E-state index contributed by atoms with van der Waals surface area (Å²) in [5, 5.41) is 22.0. The molecule has 1 amide bonds. The van der Waals surface area contributed by atoms with E-state index in [0.717, 1.165) is 0 Å². The Balaban J connectivity index is 1.90. The number of aromatic carboxylic acids is 1. The number of carbonyl (C=O) groups excluding carboxylic acids is 1. The Bertz CT molecular complexity index is 1030. The number of carboxylic acid groups (broad SMARTS) is 1. The average molecular weight is 394 g/mol. The van der Waals surface area contributed by atoms with Crippen LogP contribution in [0.4, 0.5) is 13.2 Å². The summed E-state index contributed by atoms with van der Waals surface area (Å²) in [6.07, 6.45) is -3.68. The fourth-order valence-electron chi connectivity index (χ4n) is 2.53. The van der Waals surface area contributed by atoms with Gasteiger partial charge < -0.3 is 10.4 Å². The minimum absolute atomic E-state index is 0.00707. The molecule has 0 saturated heterocycles. The van der Waals surface area contributed by atoms with Gasteiger partial charge in [-0.25, -0.2) is 9.48 Å². The molecule has 9 nitrogen and oxygen atoms in total. The zero-order chi connectivity index (χ0) is 20.5. The average Bonchev–Trinajstić information content (AvgIpc) is 3.24. The maximum absolute atomic E-state index is 13.6. The second-order valence-corrected chi connectivity index (χ2v) is 5.68. The van der Waals surface area contributed by atoms with E-state index in [9.17, 15) is 22.8 Å². The van der Waals surface area contributed by atoms with Gasteiger partial charge in [0.1, 0.15) is 5.56 Å². The SMILES string of the molecule is Cn1cc(C(=O)O)c(CNC(=O)c2nnn(-c3ccccc3)c2C(F)(F)F)n1. The number of carbonyl (C=O) groups is 2. The van der Waals surface area contributed by atoms with Gasteiger partial charge >= 0.3 is 12.1 Å². The molecule has 0 aliphatic carbocycles. The first-order chi connectivity index (χ1) is 13.2. The largest absolute Gasteiger partial charge is 0.478 e. The summed E-state index contributed by atoms with van der Waals surface area (Å²) in [7, 11) is 1.48. The van der Waals surface area contributed by atoms with Crippen molar-refractivity contribution in [3.8, 4) is 5.69 Å². The molecule has 0 aliphatic heterocycles. The minimum Gasteiger partial charge on any atom is -0.478 e. The summed E-state index contributed by atoms with van der Waals surface area (Å²) in [6.45, 7) is -0.392. The quantitative estimate of drug-likeness (QED) is 0.680. The van der Waals surface area contributed by atoms with E-state index in [4.69, 9.17) is 5.11 Å². The van der Waals surface area contributed by atoms with Crippen LogP contribution in [0, 0.1) is 0 Å². The normalized spacial score (nSPS) is 11.4. The van der Waals surface area contributed by atoms with Crippen molar-refractivity contribution in [1.29, 1.82) is 0 Å². The van der Waals surface area contributed by atoms with Crippen molar-refractivity contribution in [1.82, 2.24) is 30.1 Å². The summed E-state index contributed by atoms with van der Waals surface area (Å²) in [4.78, 5) is 23.5. The van der Waals surface area contributed by atoms with E-state index < -0.39 is 36.0 Å². The molecule has 12 heteroatoms. The van der Waals surface area contributed by atoms with Gasteiger partial charge in [0.05, 0.1) is 17.9 Å². The number of halogens is 3. The molecule has 28 heavy (non-hydrogen) atoms. The summed E-state index contributed by atoms with van der Waals surface area (Å²) >= 11 is 0. The third-order valence-electron chi connectivity index (χ3n) is 3.71. The molecular formula is C16H13F3N6O3. The maximum Gasteiger partial charge on any atom is 0.435 e. The number of rotatable bonds is 5. The number of para-hydroxylation sites is 1. The zero-order valence-electron chi connectivity index (χ0n) is 14.3. The molecule has 0 fully saturated rings. The highest BCUT2D eigenvalue weighted by Crippen LogP contribution is 2.32. The van der Waals surface area contributed by atoms with E-state index in [1.165, 1.54) is 42.2 Å². The Kier molecular flexibility index (Phi) is 4.86. The topological polar surface area (TPSA) is 115 Å². The summed E-state index contributed by atoms with van der Waals surface area (Å²) in [5.41, 5.74) is -2.36. The molecule has 2 aromatic heterocycles. The van der Waals surface area contributed by atoms with Gasteiger partial charge in [-0.3, -0.25) is 9.48 Å². The number of benzene rings is 1. The standard InChI is InChI=1S/C16H13F3N6O3/c1-24-8-10(15(27)28)11(22-24)7-20-14(26)12-13(16(17,18)19)25(23-21-12)9-5-3-2-4-6-9/h2-6,8H,7H2,1H3,(H,20,26)(H,27,28). The molecule has 0 aliphatic rings. The van der Waals surface area contributed by atoms with Crippen molar-refractivity contribution in [2.45, 2.75) is 12.7 Å². The molecule has 0 bridgehead atoms. The lowest BCUT2D eigenvalue weighted by Gasteiger charge is -2.11. The lowest BCUT2D eigenvalue weighted by Crippen LogP contribution is -2.27. The van der Waals surface area contributed by atoms with Crippen LogP contribution in [-0.2, 0) is 19.8 Å². The summed E-state index contributed by atoms with van der Waals surface area (Å²) < 4.78 is 42.4. The molecular weight excluding hydrogens is 381 g/mol. The van der Waals surface area contributed by atoms with Crippen molar-refractivity contribution in [3.05, 3.63) is 59.2 Å². The number of hydrogen-bond acceptors (Lipinski definition) is 5. The zero-order valence-corrected chi connectivity index (χ0v) is 14.3. The first-order valence-electron chi connectivity index (χ1n) is 7.81. The Morgan fingerprint density at radius 1 is 1.21 bits per heavy atom. The lowest BCUT2D eigenvalue weighted by molar-refractivity contribution is -0.143. The molecule has 0 saturated carbocycles. The number of carboxylic acids is 1. The Hall–Kier alpha value is -3.70. The molecule has 3 aromatic rings. The van der Waals surface area contributed by atoms with Crippen molar-refractivity contribution in [2.24, 2.45) is 7.05 Å². The third kappa shape index (κ3) is 3.70. The molecule has 0 unspecified atom stereocenters. The van der Waals surface area contributed by atoms with Gasteiger partial charge in [0, 0.05) is 13.2 Å². The van der Waals surface area contributed by atoms with Crippen molar-refractivity contribution >= 4 is 11.9 Å². The van der Waals surface area contributed by atoms with Gasteiger partial charge in [0.15, 0.2) is 11.4 Å². The number of amides is 1. The number of nitrogens with zero attached hydrogens (tertiary/aromatic N) is 5. The van der Waals surface area contributed by atoms with Crippen LogP contribution in [0.5, 0.6) is 0 Å². The van der Waals surface area contributed by atoms with E-state index in [1.807, 2.05) is 0 Å². The van der Waals surface area contributed by atoms with Gasteiger partial charge in [-0.05, 0) is 12.1 Å². The van der Waals surface area contributed by atoms with Crippen LogP contribution in [0.2, 0.25) is 0 Å². The molecule has 0 spiro atoms. The van der Waals surface area contributed by atoms with E-state index >= 15 is 0 Å². The molecule has 0 atom stereocenters. The van der Waals surface area contributed by atoms with Crippen LogP contribution in [0.3, 0.4) is 0 Å². The van der Waals surface area contributed by atoms with Gasteiger partial charge in [-0.1, -0.05) is 23.4 Å². The Labute approximate surface area is 155 Å². The maximum atomic E-state index is 13.6. The predicted octanol–water partition coefficient (Wildman–Crippen LogP) is 1.65. The van der Waals surface area contributed by atoms with E-state index in [-0.39, 0.29) is 16.9 Å². The second-order valence-electron chi connectivity index (χ2n) is 5.68. The molecule has 0 radical (unpaired) electrons. The Morgan fingerprint density at radius 2 is 1.89 bits per heavy atom. The van der Waals surface area contributed by atoms with Crippen LogP contribution in [-0.4, -0.2) is 41.8 Å². The van der Waals surface area contributed by atoms with Crippen LogP contribution >= 0.6 is 0 Å². The van der Waals surface area contributed by atoms with Gasteiger partial charge in [-0.2, -0.15) is 18.3 Å². The van der Waals surface area contributed by atoms with Crippen molar-refractivity contribution < 1.29 is 27.9 Å². The molecule has 3 rings (SSSR count). The van der Waals surface area contributed by atoms with Crippen LogP contribution in [0.1, 0.15) is 32.2 Å². The predicted molar refractivity (Wildman–Crippen MR) is 87.7 cm³/mol. The summed E-state index contributed by atoms with van der Waals surface area (Å²) in [5.74, 6) is -2.43. The highest BCUT2D eigenvalue weighted by atomic mass is 19.4. The molecule has 146 valence electrons. The van der Waals surface area contributed by atoms with E-state index in [0.29, 0.717) is 4.68 Å². The van der Waals surface area contributed by atoms with Gasteiger partial charge in [0.2, 0.25) is 0 Å². The number of hydrogen-bond donors (Lipinski definition) is 2. The highest BCUT2D eigenvalue weighted by Gasteiger charge is 2.42. The van der Waals surface area contributed by atoms with Crippen LogP contribution in [0.25, 0.3) is 5.69 Å². The highest BCUT2D eigenvalue weighted by molar-refractivity contribution is 5.94. The van der Waals surface area contributed by atoms with Gasteiger partial charge in [-0.15, -0.1) is 5.10 Å². The third-order valence-corrected chi connectivity index (χ3v) is 3.71. The first kappa shape index (κ1) is 19.1. The monoisotopic (exact) mass is 394 g/mol. The molecule has 1 aromatic carbocycles. The minimum atomic E-state index is -4.90. The smallest absolute Gasteiger partial charge is 0.435 e. The van der Waals surface area contributed by atoms with Crippen LogP contribution in [0.15, 0.2) is 36.5 Å².